The van der Waals surface area contributed by atoms with Gasteiger partial charge in [-0.25, -0.2) is 8.78 Å². The number of halogens is 3. The SMILES string of the molecule is FC(F)CCOCCl. The Morgan fingerprint density at radius 3 is 2.50 bits per heavy atom. The van der Waals surface area contributed by atoms with Crippen LogP contribution in [0.4, 0.5) is 8.78 Å². The Morgan fingerprint density at radius 1 is 1.50 bits per heavy atom. The van der Waals surface area contributed by atoms with Crippen LogP contribution in [0.2, 0.25) is 0 Å². The van der Waals surface area contributed by atoms with Crippen molar-refractivity contribution in [1.82, 2.24) is 0 Å². The molecule has 50 valence electrons. The molecule has 0 bridgehead atoms. The summed E-state index contributed by atoms with van der Waals surface area (Å²) in [5, 5.41) is 0. The molecule has 0 unspecified atom stereocenters. The first-order chi connectivity index (χ1) is 3.77. The lowest BCUT2D eigenvalue weighted by Crippen LogP contribution is -1.98. The van der Waals surface area contributed by atoms with Gasteiger partial charge in [0.1, 0.15) is 6.07 Å². The summed E-state index contributed by atoms with van der Waals surface area (Å²) < 4.78 is 26.9. The number of hydrogen-bond donors (Lipinski definition) is 0. The number of rotatable bonds is 4. The second-order valence-electron chi connectivity index (χ2n) is 1.20. The molecule has 0 radical (unpaired) electrons. The van der Waals surface area contributed by atoms with Crippen molar-refractivity contribution in [2.24, 2.45) is 0 Å². The van der Waals surface area contributed by atoms with Crippen molar-refractivity contribution in [1.29, 1.82) is 0 Å². The molecule has 0 heterocycles. The van der Waals surface area contributed by atoms with Gasteiger partial charge in [0, 0.05) is 6.42 Å². The van der Waals surface area contributed by atoms with Crippen molar-refractivity contribution < 1.29 is 13.5 Å². The lowest BCUT2D eigenvalue weighted by Gasteiger charge is -1.96. The fraction of sp³-hybridized carbons (Fsp3) is 1.00. The molecule has 0 N–H and O–H groups in total. The number of hydrogen-bond acceptors (Lipinski definition) is 1. The highest BCUT2D eigenvalue weighted by molar-refractivity contribution is 6.17. The van der Waals surface area contributed by atoms with E-state index >= 15 is 0 Å². The molecule has 0 aromatic rings. The van der Waals surface area contributed by atoms with E-state index in [1.165, 1.54) is 0 Å². The molecular formula is C4H7ClF2O. The largest absolute Gasteiger partial charge is 0.366 e. The Hall–Kier alpha value is 0.110. The van der Waals surface area contributed by atoms with Gasteiger partial charge in [-0.15, -0.1) is 0 Å². The minimum atomic E-state index is -2.28. The Labute approximate surface area is 51.6 Å². The van der Waals surface area contributed by atoms with E-state index in [-0.39, 0.29) is 19.1 Å². The van der Waals surface area contributed by atoms with Gasteiger partial charge in [0.05, 0.1) is 6.61 Å². The van der Waals surface area contributed by atoms with Crippen molar-refractivity contribution in [2.45, 2.75) is 12.8 Å². The summed E-state index contributed by atoms with van der Waals surface area (Å²) in [6, 6.07) is -0.00722. The summed E-state index contributed by atoms with van der Waals surface area (Å²) >= 11 is 5.02. The smallest absolute Gasteiger partial charge is 0.240 e. The maximum Gasteiger partial charge on any atom is 0.240 e. The lowest BCUT2D eigenvalue weighted by molar-refractivity contribution is 0.0835. The summed E-state index contributed by atoms with van der Waals surface area (Å²) in [7, 11) is 0. The fourth-order valence-corrected chi connectivity index (χ4v) is 0.336. The average Bonchev–Trinajstić information content (AvgIpc) is 1.66. The van der Waals surface area contributed by atoms with Gasteiger partial charge < -0.3 is 4.74 Å². The van der Waals surface area contributed by atoms with E-state index in [1.54, 1.807) is 0 Å². The van der Waals surface area contributed by atoms with Crippen LogP contribution < -0.4 is 0 Å². The van der Waals surface area contributed by atoms with E-state index in [4.69, 9.17) is 11.6 Å². The Balaban J connectivity index is 2.72. The zero-order valence-electron chi connectivity index (χ0n) is 4.24. The molecule has 0 aromatic carbocycles. The van der Waals surface area contributed by atoms with Crippen LogP contribution >= 0.6 is 11.6 Å². The van der Waals surface area contributed by atoms with Gasteiger partial charge in [-0.05, 0) is 0 Å². The van der Waals surface area contributed by atoms with Gasteiger partial charge in [-0.2, -0.15) is 0 Å². The highest BCUT2D eigenvalue weighted by atomic mass is 35.5. The summed E-state index contributed by atoms with van der Waals surface area (Å²) in [4.78, 5) is 0. The molecule has 0 saturated carbocycles. The van der Waals surface area contributed by atoms with Gasteiger partial charge in [0.25, 0.3) is 0 Å². The Bertz CT molecular complexity index is 51.3. The Kier molecular flexibility index (Phi) is 5.32. The Morgan fingerprint density at radius 2 is 2.12 bits per heavy atom. The number of ether oxygens (including phenoxy) is 1. The molecule has 1 nitrogen and oxygen atoms in total. The maximum atomic E-state index is 11.2. The molecular weight excluding hydrogens is 137 g/mol. The van der Waals surface area contributed by atoms with Crippen molar-refractivity contribution >= 4 is 11.6 Å². The lowest BCUT2D eigenvalue weighted by atomic mass is 10.5. The van der Waals surface area contributed by atoms with Crippen molar-refractivity contribution in [2.75, 3.05) is 12.7 Å². The van der Waals surface area contributed by atoms with Crippen LogP contribution in [0, 0.1) is 0 Å². The molecule has 0 aliphatic carbocycles. The average molecular weight is 145 g/mol. The maximum absolute atomic E-state index is 11.2. The van der Waals surface area contributed by atoms with Crippen LogP contribution in [-0.2, 0) is 4.74 Å². The van der Waals surface area contributed by atoms with Gasteiger partial charge in [0.2, 0.25) is 6.43 Å². The third-order valence-corrected chi connectivity index (χ3v) is 0.712. The van der Waals surface area contributed by atoms with Crippen LogP contribution in [0.15, 0.2) is 0 Å². The molecule has 0 rings (SSSR count). The zero-order chi connectivity index (χ0) is 6.41. The molecule has 0 fully saturated rings. The van der Waals surface area contributed by atoms with Crippen LogP contribution in [0.25, 0.3) is 0 Å². The first kappa shape index (κ1) is 8.11. The van der Waals surface area contributed by atoms with E-state index < -0.39 is 6.43 Å². The molecule has 0 aliphatic heterocycles. The minimum absolute atomic E-state index is 0.00722. The summed E-state index contributed by atoms with van der Waals surface area (Å²) in [5.41, 5.74) is 0. The van der Waals surface area contributed by atoms with Gasteiger partial charge >= 0.3 is 0 Å². The molecule has 0 amide bonds. The predicted molar refractivity (Wildman–Crippen MR) is 27.3 cm³/mol. The normalized spacial score (nSPS) is 10.5. The van der Waals surface area contributed by atoms with Crippen molar-refractivity contribution in [3.05, 3.63) is 0 Å². The van der Waals surface area contributed by atoms with E-state index in [9.17, 15) is 8.78 Å². The molecule has 0 aromatic heterocycles. The van der Waals surface area contributed by atoms with E-state index in [1.807, 2.05) is 0 Å². The molecule has 0 spiro atoms. The zero-order valence-corrected chi connectivity index (χ0v) is 5.00. The highest BCUT2D eigenvalue weighted by Gasteiger charge is 1.99. The van der Waals surface area contributed by atoms with E-state index in [0.29, 0.717) is 0 Å². The third-order valence-electron chi connectivity index (χ3n) is 0.558. The molecule has 0 aliphatic rings. The summed E-state index contributed by atoms with van der Waals surface area (Å²) in [6.45, 7) is 0.0428. The molecule has 4 heteroatoms. The number of alkyl halides is 3. The van der Waals surface area contributed by atoms with Crippen molar-refractivity contribution in [3.8, 4) is 0 Å². The fourth-order valence-electron chi connectivity index (χ4n) is 0.227. The predicted octanol–water partition coefficient (Wildman–Crippen LogP) is 1.85. The van der Waals surface area contributed by atoms with Gasteiger partial charge in [-0.3, -0.25) is 0 Å². The quantitative estimate of drug-likeness (QED) is 0.432. The van der Waals surface area contributed by atoms with Crippen LogP contribution in [-0.4, -0.2) is 19.1 Å². The van der Waals surface area contributed by atoms with Crippen molar-refractivity contribution in [3.63, 3.8) is 0 Å². The highest BCUT2D eigenvalue weighted by Crippen LogP contribution is 1.98. The minimum Gasteiger partial charge on any atom is -0.366 e. The molecule has 0 saturated heterocycles. The standard InChI is InChI=1S/C4H7ClF2O/c5-3-8-2-1-4(6)7/h4H,1-3H2. The van der Waals surface area contributed by atoms with Gasteiger partial charge in [-0.1, -0.05) is 11.6 Å². The molecule has 0 atom stereocenters. The molecule has 8 heavy (non-hydrogen) atoms. The first-order valence-corrected chi connectivity index (χ1v) is 2.72. The topological polar surface area (TPSA) is 9.23 Å². The second-order valence-corrected chi connectivity index (χ2v) is 1.42. The monoisotopic (exact) mass is 144 g/mol. The summed E-state index contributed by atoms with van der Waals surface area (Å²) in [6.07, 6.45) is -2.51. The van der Waals surface area contributed by atoms with Gasteiger partial charge in [0.15, 0.2) is 0 Å². The first-order valence-electron chi connectivity index (χ1n) is 2.19. The van der Waals surface area contributed by atoms with E-state index in [0.717, 1.165) is 0 Å². The summed E-state index contributed by atoms with van der Waals surface area (Å²) in [5.74, 6) is 0. The third kappa shape index (κ3) is 6.11. The second kappa shape index (κ2) is 5.25. The van der Waals surface area contributed by atoms with Crippen LogP contribution in [0.5, 0.6) is 0 Å². The van der Waals surface area contributed by atoms with Crippen LogP contribution in [0.3, 0.4) is 0 Å². The van der Waals surface area contributed by atoms with Crippen LogP contribution in [0.1, 0.15) is 6.42 Å². The van der Waals surface area contributed by atoms with E-state index in [2.05, 4.69) is 4.74 Å².